The molecule has 2 aromatic rings. The van der Waals surface area contributed by atoms with Crippen LogP contribution in [0.1, 0.15) is 5.82 Å². The molecule has 0 radical (unpaired) electrons. The third kappa shape index (κ3) is 2.75. The van der Waals surface area contributed by atoms with Gasteiger partial charge in [-0.15, -0.1) is 0 Å². The number of aryl methyl sites for hydroxylation is 1. The van der Waals surface area contributed by atoms with E-state index in [1.54, 1.807) is 6.20 Å². The number of hydrogen-bond acceptors (Lipinski definition) is 3. The van der Waals surface area contributed by atoms with Gasteiger partial charge in [0.05, 0.1) is 12.3 Å². The fourth-order valence-corrected chi connectivity index (χ4v) is 1.54. The Balaban J connectivity index is 1.92. The summed E-state index contributed by atoms with van der Waals surface area (Å²) in [5, 5.41) is 0. The maximum atomic E-state index is 12.8. The van der Waals surface area contributed by atoms with Crippen LogP contribution in [-0.4, -0.2) is 16.2 Å². The Hall–Kier alpha value is -2.04. The van der Waals surface area contributed by atoms with E-state index in [4.69, 9.17) is 10.5 Å². The van der Waals surface area contributed by atoms with Gasteiger partial charge in [-0.1, -0.05) is 0 Å². The van der Waals surface area contributed by atoms with E-state index < -0.39 is 0 Å². The molecule has 0 aliphatic heterocycles. The average Bonchev–Trinajstić information content (AvgIpc) is 2.68. The third-order valence-corrected chi connectivity index (χ3v) is 2.48. The van der Waals surface area contributed by atoms with Crippen molar-refractivity contribution in [2.45, 2.75) is 6.42 Å². The van der Waals surface area contributed by atoms with Gasteiger partial charge in [0.15, 0.2) is 0 Å². The molecule has 0 saturated heterocycles. The SMILES string of the molecule is Cn1ccnc1CCOc1ccc(F)cc1N. The van der Waals surface area contributed by atoms with E-state index in [1.165, 1.54) is 18.2 Å². The van der Waals surface area contributed by atoms with E-state index in [0.29, 0.717) is 24.5 Å². The summed E-state index contributed by atoms with van der Waals surface area (Å²) in [6, 6.07) is 4.10. The topological polar surface area (TPSA) is 53.1 Å². The highest BCUT2D eigenvalue weighted by atomic mass is 19.1. The van der Waals surface area contributed by atoms with Crippen molar-refractivity contribution in [2.24, 2.45) is 7.05 Å². The Morgan fingerprint density at radius 2 is 2.29 bits per heavy atom. The van der Waals surface area contributed by atoms with Crippen LogP contribution >= 0.6 is 0 Å². The van der Waals surface area contributed by atoms with Crippen molar-refractivity contribution in [1.82, 2.24) is 9.55 Å². The van der Waals surface area contributed by atoms with Crippen LogP contribution < -0.4 is 10.5 Å². The van der Waals surface area contributed by atoms with Gasteiger partial charge < -0.3 is 15.0 Å². The van der Waals surface area contributed by atoms with Crippen molar-refractivity contribution >= 4 is 5.69 Å². The van der Waals surface area contributed by atoms with Crippen molar-refractivity contribution in [1.29, 1.82) is 0 Å². The largest absolute Gasteiger partial charge is 0.491 e. The summed E-state index contributed by atoms with van der Waals surface area (Å²) in [5.41, 5.74) is 5.93. The number of benzene rings is 1. The zero-order chi connectivity index (χ0) is 12.3. The molecular weight excluding hydrogens is 221 g/mol. The number of nitrogens with zero attached hydrogens (tertiary/aromatic N) is 2. The van der Waals surface area contributed by atoms with Crippen LogP contribution in [0.15, 0.2) is 30.6 Å². The molecule has 17 heavy (non-hydrogen) atoms. The lowest BCUT2D eigenvalue weighted by Gasteiger charge is -2.08. The molecule has 1 heterocycles. The van der Waals surface area contributed by atoms with Crippen molar-refractivity contribution in [3.63, 3.8) is 0 Å². The molecule has 0 spiro atoms. The molecule has 0 saturated carbocycles. The molecule has 0 unspecified atom stereocenters. The second-order valence-electron chi connectivity index (χ2n) is 3.73. The van der Waals surface area contributed by atoms with Crippen LogP contribution in [0, 0.1) is 5.82 Å². The molecule has 4 nitrogen and oxygen atoms in total. The number of halogens is 1. The zero-order valence-corrected chi connectivity index (χ0v) is 9.56. The third-order valence-electron chi connectivity index (χ3n) is 2.48. The Labute approximate surface area is 98.8 Å². The monoisotopic (exact) mass is 235 g/mol. The maximum absolute atomic E-state index is 12.8. The van der Waals surface area contributed by atoms with Gasteiger partial charge in [0.1, 0.15) is 17.4 Å². The first-order valence-electron chi connectivity index (χ1n) is 5.31. The van der Waals surface area contributed by atoms with Gasteiger partial charge in [-0.05, 0) is 12.1 Å². The van der Waals surface area contributed by atoms with E-state index in [2.05, 4.69) is 4.98 Å². The van der Waals surface area contributed by atoms with E-state index in [-0.39, 0.29) is 5.82 Å². The quantitative estimate of drug-likeness (QED) is 0.821. The van der Waals surface area contributed by atoms with Crippen LogP contribution in [0.25, 0.3) is 0 Å². The molecule has 0 aliphatic rings. The lowest BCUT2D eigenvalue weighted by atomic mass is 10.3. The Kier molecular flexibility index (Phi) is 3.27. The van der Waals surface area contributed by atoms with Crippen LogP contribution in [-0.2, 0) is 13.5 Å². The lowest BCUT2D eigenvalue weighted by Crippen LogP contribution is -2.07. The van der Waals surface area contributed by atoms with Crippen molar-refractivity contribution in [3.8, 4) is 5.75 Å². The Bertz CT molecular complexity index is 510. The summed E-state index contributed by atoms with van der Waals surface area (Å²) >= 11 is 0. The molecule has 0 fully saturated rings. The summed E-state index contributed by atoms with van der Waals surface area (Å²) < 4.78 is 20.2. The predicted octanol–water partition coefficient (Wildman–Crippen LogP) is 1.76. The zero-order valence-electron chi connectivity index (χ0n) is 9.56. The second kappa shape index (κ2) is 4.86. The molecule has 90 valence electrons. The number of nitrogens with two attached hydrogens (primary N) is 1. The van der Waals surface area contributed by atoms with Gasteiger partial charge in [-0.25, -0.2) is 9.37 Å². The van der Waals surface area contributed by atoms with Crippen molar-refractivity contribution < 1.29 is 9.13 Å². The molecule has 0 atom stereocenters. The smallest absolute Gasteiger partial charge is 0.142 e. The van der Waals surface area contributed by atoms with Gasteiger partial charge in [0.2, 0.25) is 0 Å². The molecule has 1 aromatic heterocycles. The van der Waals surface area contributed by atoms with Crippen LogP contribution in [0.5, 0.6) is 5.75 Å². The highest BCUT2D eigenvalue weighted by Gasteiger charge is 2.03. The van der Waals surface area contributed by atoms with E-state index in [9.17, 15) is 4.39 Å². The van der Waals surface area contributed by atoms with Crippen LogP contribution in [0.3, 0.4) is 0 Å². The highest BCUT2D eigenvalue weighted by molar-refractivity contribution is 5.52. The number of ether oxygens (including phenoxy) is 1. The predicted molar refractivity (Wildman–Crippen MR) is 63.2 cm³/mol. The normalized spacial score (nSPS) is 10.5. The minimum Gasteiger partial charge on any atom is -0.491 e. The second-order valence-corrected chi connectivity index (χ2v) is 3.73. The molecule has 2 N–H and O–H groups in total. The van der Waals surface area contributed by atoms with Gasteiger partial charge in [-0.3, -0.25) is 0 Å². The van der Waals surface area contributed by atoms with E-state index in [1.807, 2.05) is 17.8 Å². The van der Waals surface area contributed by atoms with Crippen molar-refractivity contribution in [3.05, 3.63) is 42.2 Å². The molecule has 0 bridgehead atoms. The Morgan fingerprint density at radius 3 is 2.94 bits per heavy atom. The molecule has 2 rings (SSSR count). The summed E-state index contributed by atoms with van der Waals surface area (Å²) in [6.07, 6.45) is 4.30. The maximum Gasteiger partial charge on any atom is 0.142 e. The fraction of sp³-hybridized carbons (Fsp3) is 0.250. The van der Waals surface area contributed by atoms with Crippen LogP contribution in [0.2, 0.25) is 0 Å². The first-order chi connectivity index (χ1) is 8.16. The van der Waals surface area contributed by atoms with E-state index in [0.717, 1.165) is 5.82 Å². The lowest BCUT2D eigenvalue weighted by molar-refractivity contribution is 0.319. The van der Waals surface area contributed by atoms with Gasteiger partial charge in [0.25, 0.3) is 0 Å². The Morgan fingerprint density at radius 1 is 1.47 bits per heavy atom. The summed E-state index contributed by atoms with van der Waals surface area (Å²) in [4.78, 5) is 4.18. The first-order valence-corrected chi connectivity index (χ1v) is 5.31. The van der Waals surface area contributed by atoms with Crippen LogP contribution in [0.4, 0.5) is 10.1 Å². The highest BCUT2D eigenvalue weighted by Crippen LogP contribution is 2.21. The molecule has 0 amide bonds. The number of nitrogen functional groups attached to an aromatic ring is 1. The summed E-state index contributed by atoms with van der Waals surface area (Å²) in [5.74, 6) is 1.07. The number of rotatable bonds is 4. The summed E-state index contributed by atoms with van der Waals surface area (Å²) in [7, 11) is 1.93. The molecule has 5 heteroatoms. The average molecular weight is 235 g/mol. The van der Waals surface area contributed by atoms with E-state index >= 15 is 0 Å². The van der Waals surface area contributed by atoms with Gasteiger partial charge in [0, 0.05) is 31.9 Å². The number of hydrogen-bond donors (Lipinski definition) is 1. The van der Waals surface area contributed by atoms with Gasteiger partial charge >= 0.3 is 0 Å². The number of imidazole rings is 1. The first kappa shape index (κ1) is 11.4. The van der Waals surface area contributed by atoms with Crippen molar-refractivity contribution in [2.75, 3.05) is 12.3 Å². The van der Waals surface area contributed by atoms with Gasteiger partial charge in [-0.2, -0.15) is 0 Å². The molecule has 1 aromatic carbocycles. The molecule has 0 aliphatic carbocycles. The fourth-order valence-electron chi connectivity index (χ4n) is 1.54. The minimum atomic E-state index is -0.362. The molecular formula is C12H14FN3O. The standard InChI is InChI=1S/C12H14FN3O/c1-16-6-5-15-12(16)4-7-17-11-3-2-9(13)8-10(11)14/h2-3,5-6,8H,4,7,14H2,1H3. The number of anilines is 1. The number of aromatic nitrogens is 2. The minimum absolute atomic E-state index is 0.310. The summed E-state index contributed by atoms with van der Waals surface area (Å²) in [6.45, 7) is 0.459.